The summed E-state index contributed by atoms with van der Waals surface area (Å²) in [5.74, 6) is -0.641. The van der Waals surface area contributed by atoms with Gasteiger partial charge in [-0.1, -0.05) is 69.5 Å². The van der Waals surface area contributed by atoms with Crippen molar-refractivity contribution in [3.05, 3.63) is 70.2 Å². The number of nitrogens with two attached hydrogens (primary N) is 2. The molecule has 0 unspecified atom stereocenters. The molecule has 0 bridgehead atoms. The van der Waals surface area contributed by atoms with Crippen molar-refractivity contribution >= 4 is 35.3 Å². The minimum absolute atomic E-state index is 0.00672. The van der Waals surface area contributed by atoms with Crippen molar-refractivity contribution in [2.75, 3.05) is 0 Å². The molecule has 7 N–H and O–H groups in total. The van der Waals surface area contributed by atoms with Crippen molar-refractivity contribution in [2.24, 2.45) is 22.4 Å². The Balaban J connectivity index is 1.66. The van der Waals surface area contributed by atoms with Crippen LogP contribution >= 0.6 is 11.6 Å². The first-order valence-electron chi connectivity index (χ1n) is 14.4. The van der Waals surface area contributed by atoms with Crippen LogP contribution in [0.15, 0.2) is 53.5 Å². The molecular formula is C31H43ClN6O3. The number of carbonyl (C=O) groups is 3. The Morgan fingerprint density at radius 2 is 1.68 bits per heavy atom. The number of amides is 3. The Hall–Kier alpha value is -3.59. The molecule has 1 fully saturated rings. The Morgan fingerprint density at radius 1 is 0.976 bits per heavy atom. The van der Waals surface area contributed by atoms with Gasteiger partial charge in [0, 0.05) is 22.5 Å². The van der Waals surface area contributed by atoms with E-state index in [-0.39, 0.29) is 41.6 Å². The summed E-state index contributed by atoms with van der Waals surface area (Å²) in [5.41, 5.74) is 13.1. The van der Waals surface area contributed by atoms with Gasteiger partial charge in [-0.15, -0.1) is 0 Å². The van der Waals surface area contributed by atoms with Crippen LogP contribution in [-0.2, 0) is 16.1 Å². The van der Waals surface area contributed by atoms with E-state index in [1.165, 1.54) is 0 Å². The van der Waals surface area contributed by atoms with E-state index in [0.717, 1.165) is 36.8 Å². The second kappa shape index (κ2) is 15.4. The maximum Gasteiger partial charge on any atom is 0.251 e. The van der Waals surface area contributed by atoms with Gasteiger partial charge in [-0.3, -0.25) is 14.4 Å². The number of guanidine groups is 1. The van der Waals surface area contributed by atoms with Gasteiger partial charge in [-0.2, -0.15) is 0 Å². The lowest BCUT2D eigenvalue weighted by Crippen LogP contribution is -2.55. The zero-order valence-corrected chi connectivity index (χ0v) is 24.9. The van der Waals surface area contributed by atoms with Gasteiger partial charge in [0.25, 0.3) is 5.91 Å². The molecule has 41 heavy (non-hydrogen) atoms. The number of rotatable bonds is 12. The molecule has 0 aromatic heterocycles. The molecule has 10 heteroatoms. The zero-order chi connectivity index (χ0) is 29.9. The van der Waals surface area contributed by atoms with E-state index >= 15 is 0 Å². The molecule has 0 aliphatic heterocycles. The van der Waals surface area contributed by atoms with Crippen molar-refractivity contribution in [3.8, 4) is 0 Å². The van der Waals surface area contributed by atoms with Gasteiger partial charge in [-0.05, 0) is 67.0 Å². The van der Waals surface area contributed by atoms with Crippen molar-refractivity contribution in [3.63, 3.8) is 0 Å². The molecule has 0 saturated heterocycles. The molecule has 222 valence electrons. The first-order valence-corrected chi connectivity index (χ1v) is 14.8. The lowest BCUT2D eigenvalue weighted by molar-refractivity contribution is -0.131. The van der Waals surface area contributed by atoms with E-state index in [1.807, 2.05) is 39.0 Å². The highest BCUT2D eigenvalue weighted by Crippen LogP contribution is 2.34. The van der Waals surface area contributed by atoms with Crippen LogP contribution in [0.4, 0.5) is 0 Å². The summed E-state index contributed by atoms with van der Waals surface area (Å²) < 4.78 is 0. The molecule has 0 spiro atoms. The largest absolute Gasteiger partial charge is 0.370 e. The fourth-order valence-electron chi connectivity index (χ4n) is 5.24. The van der Waals surface area contributed by atoms with E-state index in [0.29, 0.717) is 30.0 Å². The van der Waals surface area contributed by atoms with Crippen LogP contribution in [0.3, 0.4) is 0 Å². The van der Waals surface area contributed by atoms with Gasteiger partial charge in [-0.25, -0.2) is 4.99 Å². The minimum atomic E-state index is -0.792. The lowest BCUT2D eigenvalue weighted by atomic mass is 9.80. The Kier molecular flexibility index (Phi) is 12.0. The highest BCUT2D eigenvalue weighted by atomic mass is 35.5. The third-order valence-corrected chi connectivity index (χ3v) is 7.64. The first kappa shape index (κ1) is 31.9. The zero-order valence-electron chi connectivity index (χ0n) is 24.2. The molecule has 3 rings (SSSR count). The summed E-state index contributed by atoms with van der Waals surface area (Å²) in [6, 6.07) is 13.1. The van der Waals surface area contributed by atoms with Gasteiger partial charge in [0.1, 0.15) is 12.1 Å². The van der Waals surface area contributed by atoms with Gasteiger partial charge < -0.3 is 27.4 Å². The maximum absolute atomic E-state index is 13.5. The van der Waals surface area contributed by atoms with Crippen LogP contribution in [0.25, 0.3) is 0 Å². The number of hydrogen-bond acceptors (Lipinski definition) is 4. The molecule has 2 aromatic carbocycles. The number of aliphatic imine (C=N–C) groups is 1. The first-order chi connectivity index (χ1) is 19.6. The van der Waals surface area contributed by atoms with Crippen molar-refractivity contribution in [1.29, 1.82) is 0 Å². The Labute approximate surface area is 247 Å². The van der Waals surface area contributed by atoms with Crippen LogP contribution in [0.2, 0.25) is 5.02 Å². The molecule has 1 aliphatic carbocycles. The van der Waals surface area contributed by atoms with Gasteiger partial charge >= 0.3 is 0 Å². The molecular weight excluding hydrogens is 540 g/mol. The summed E-state index contributed by atoms with van der Waals surface area (Å²) >= 11 is 6.25. The highest BCUT2D eigenvalue weighted by Gasteiger charge is 2.32. The molecule has 3 amide bonds. The third-order valence-electron chi connectivity index (χ3n) is 7.40. The number of hydrogen-bond donors (Lipinski definition) is 5. The predicted octanol–water partition coefficient (Wildman–Crippen LogP) is 4.00. The Bertz CT molecular complexity index is 1210. The van der Waals surface area contributed by atoms with E-state index in [1.54, 1.807) is 24.3 Å². The number of nitrogens with one attached hydrogen (secondary N) is 3. The third kappa shape index (κ3) is 9.78. The summed E-state index contributed by atoms with van der Waals surface area (Å²) in [4.78, 5) is 43.7. The minimum Gasteiger partial charge on any atom is -0.370 e. The average molecular weight is 583 g/mol. The second-order valence-electron chi connectivity index (χ2n) is 11.1. The van der Waals surface area contributed by atoms with Crippen molar-refractivity contribution in [2.45, 2.75) is 89.9 Å². The molecule has 0 radical (unpaired) electrons. The highest BCUT2D eigenvalue weighted by molar-refractivity contribution is 6.30. The van der Waals surface area contributed by atoms with E-state index in [4.69, 9.17) is 23.1 Å². The van der Waals surface area contributed by atoms with E-state index < -0.39 is 12.1 Å². The van der Waals surface area contributed by atoms with E-state index in [9.17, 15) is 14.4 Å². The summed E-state index contributed by atoms with van der Waals surface area (Å²) in [7, 11) is 0. The van der Waals surface area contributed by atoms with Gasteiger partial charge in [0.2, 0.25) is 11.8 Å². The maximum atomic E-state index is 13.5. The summed E-state index contributed by atoms with van der Waals surface area (Å²) in [6.07, 6.45) is 4.80. The number of carbonyl (C=O) groups excluding carboxylic acids is 3. The SMILES string of the molecule is CC[C@H](NC(=O)c1ccc(CN=C(N)N)cc1)C(=O)N[C@@H](CC(C)C)C(=O)N[C@@H]1CCCC[C@H]1c1cccc(Cl)c1. The summed E-state index contributed by atoms with van der Waals surface area (Å²) in [5, 5.41) is 9.64. The van der Waals surface area contributed by atoms with Crippen LogP contribution < -0.4 is 27.4 Å². The van der Waals surface area contributed by atoms with E-state index in [2.05, 4.69) is 27.0 Å². The second-order valence-corrected chi connectivity index (χ2v) is 11.6. The fraction of sp³-hybridized carbons (Fsp3) is 0.484. The molecule has 9 nitrogen and oxygen atoms in total. The molecule has 2 aromatic rings. The number of nitrogens with zero attached hydrogens (tertiary/aromatic N) is 1. The smallest absolute Gasteiger partial charge is 0.251 e. The topological polar surface area (TPSA) is 152 Å². The monoisotopic (exact) mass is 582 g/mol. The summed E-state index contributed by atoms with van der Waals surface area (Å²) in [6.45, 7) is 6.15. The fourth-order valence-corrected chi connectivity index (χ4v) is 5.44. The predicted molar refractivity (Wildman–Crippen MR) is 163 cm³/mol. The van der Waals surface area contributed by atoms with Crippen LogP contribution in [0, 0.1) is 5.92 Å². The molecule has 1 saturated carbocycles. The number of halogens is 1. The standard InChI is InChI=1S/C31H43ClN6O3/c1-4-25(36-28(39)21-14-12-20(13-15-21)18-35-31(33)34)29(40)38-27(16-19(2)3)30(41)37-26-11-6-5-10-24(26)22-8-7-9-23(32)17-22/h7-9,12-15,17,19,24-27H,4-6,10-11,16,18H2,1-3H3,(H,36,39)(H,37,41)(H,38,40)(H4,33,34,35)/t24-,25-,26+,27-/m0/s1. The van der Waals surface area contributed by atoms with Gasteiger partial charge in [0.05, 0.1) is 6.54 Å². The Morgan fingerprint density at radius 3 is 2.32 bits per heavy atom. The molecule has 0 heterocycles. The van der Waals surface area contributed by atoms with Crippen molar-refractivity contribution < 1.29 is 14.4 Å². The van der Waals surface area contributed by atoms with Crippen molar-refractivity contribution in [1.82, 2.24) is 16.0 Å². The van der Waals surface area contributed by atoms with Gasteiger partial charge in [0.15, 0.2) is 5.96 Å². The van der Waals surface area contributed by atoms with Crippen LogP contribution in [0.1, 0.15) is 86.7 Å². The lowest BCUT2D eigenvalue weighted by Gasteiger charge is -2.34. The van der Waals surface area contributed by atoms with Crippen LogP contribution in [0.5, 0.6) is 0 Å². The molecule has 4 atom stereocenters. The normalized spacial score (nSPS) is 18.2. The average Bonchev–Trinajstić information content (AvgIpc) is 2.94. The molecule has 1 aliphatic rings. The quantitative estimate of drug-likeness (QED) is 0.189. The number of benzene rings is 2. The van der Waals surface area contributed by atoms with Crippen LogP contribution in [-0.4, -0.2) is 41.8 Å².